The Kier molecular flexibility index (Phi) is 4.76. The highest BCUT2D eigenvalue weighted by molar-refractivity contribution is 9.13. The molecule has 0 aromatic carbocycles. The fraction of sp³-hybridized carbons (Fsp3) is 0.636. The zero-order valence-electron chi connectivity index (χ0n) is 9.53. The molecule has 1 fully saturated rings. The summed E-state index contributed by atoms with van der Waals surface area (Å²) in [6.45, 7) is 4.14. The summed E-state index contributed by atoms with van der Waals surface area (Å²) in [5.74, 6) is 0. The summed E-state index contributed by atoms with van der Waals surface area (Å²) >= 11 is 6.53. The van der Waals surface area contributed by atoms with E-state index in [0.717, 1.165) is 13.0 Å². The zero-order chi connectivity index (χ0) is 12.3. The van der Waals surface area contributed by atoms with Gasteiger partial charge in [-0.05, 0) is 70.8 Å². The average molecular weight is 365 g/mol. The first-order valence-electron chi connectivity index (χ1n) is 5.82. The lowest BCUT2D eigenvalue weighted by Crippen LogP contribution is -2.27. The maximum atomic E-state index is 11.8. The van der Waals surface area contributed by atoms with E-state index in [4.69, 9.17) is 0 Å². The first kappa shape index (κ1) is 13.2. The Morgan fingerprint density at radius 3 is 2.65 bits per heavy atom. The molecule has 0 N–H and O–H groups in total. The number of aryl methyl sites for hydroxylation is 1. The van der Waals surface area contributed by atoms with Gasteiger partial charge in [-0.3, -0.25) is 4.79 Å². The van der Waals surface area contributed by atoms with Crippen LogP contribution in [-0.4, -0.2) is 34.3 Å². The van der Waals surface area contributed by atoms with Gasteiger partial charge in [-0.15, -0.1) is 0 Å². The molecule has 1 saturated heterocycles. The molecular weight excluding hydrogens is 350 g/mol. The van der Waals surface area contributed by atoms with Crippen LogP contribution in [0.1, 0.15) is 19.3 Å². The van der Waals surface area contributed by atoms with Crippen molar-refractivity contribution in [3.8, 4) is 0 Å². The van der Waals surface area contributed by atoms with E-state index >= 15 is 0 Å². The molecule has 0 spiro atoms. The number of likely N-dealkylation sites (tertiary alicyclic amines) is 1. The van der Waals surface area contributed by atoms with E-state index in [-0.39, 0.29) is 5.56 Å². The minimum absolute atomic E-state index is 0.0687. The molecule has 17 heavy (non-hydrogen) atoms. The van der Waals surface area contributed by atoms with Gasteiger partial charge in [0.05, 0.1) is 10.7 Å². The second kappa shape index (κ2) is 6.11. The molecule has 0 aliphatic carbocycles. The lowest BCUT2D eigenvalue weighted by molar-refractivity contribution is 0.320. The summed E-state index contributed by atoms with van der Waals surface area (Å²) in [4.78, 5) is 14.3. The van der Waals surface area contributed by atoms with Crippen molar-refractivity contribution in [3.05, 3.63) is 25.5 Å². The van der Waals surface area contributed by atoms with Crippen LogP contribution in [0, 0.1) is 0 Å². The van der Waals surface area contributed by atoms with E-state index < -0.39 is 0 Å². The zero-order valence-corrected chi connectivity index (χ0v) is 12.7. The SMILES string of the molecule is O=c1c(Br)c(Br)cnn1CCCN1CCCC1. The number of aromatic nitrogens is 2. The van der Waals surface area contributed by atoms with Crippen LogP contribution in [0.15, 0.2) is 19.9 Å². The predicted molar refractivity (Wildman–Crippen MR) is 74.2 cm³/mol. The molecule has 0 radical (unpaired) electrons. The molecular formula is C11H15Br2N3O. The van der Waals surface area contributed by atoms with Crippen molar-refractivity contribution in [2.75, 3.05) is 19.6 Å². The Bertz CT molecular complexity index is 441. The van der Waals surface area contributed by atoms with Crippen molar-refractivity contribution < 1.29 is 0 Å². The maximum absolute atomic E-state index is 11.8. The highest BCUT2D eigenvalue weighted by Crippen LogP contribution is 2.16. The van der Waals surface area contributed by atoms with Crippen molar-refractivity contribution >= 4 is 31.9 Å². The fourth-order valence-electron chi connectivity index (χ4n) is 2.05. The molecule has 1 aromatic rings. The molecule has 0 atom stereocenters. The maximum Gasteiger partial charge on any atom is 0.282 e. The van der Waals surface area contributed by atoms with Crippen LogP contribution < -0.4 is 5.56 Å². The first-order valence-corrected chi connectivity index (χ1v) is 7.40. The van der Waals surface area contributed by atoms with Crippen LogP contribution in [-0.2, 0) is 6.54 Å². The predicted octanol–water partition coefficient (Wildman–Crippen LogP) is 2.25. The van der Waals surface area contributed by atoms with Gasteiger partial charge in [0, 0.05) is 6.54 Å². The molecule has 94 valence electrons. The standard InChI is InChI=1S/C11H15Br2N3O/c12-9-8-14-16(11(17)10(9)13)7-3-6-15-4-1-2-5-15/h8H,1-7H2. The van der Waals surface area contributed by atoms with Crippen LogP contribution in [0.2, 0.25) is 0 Å². The summed E-state index contributed by atoms with van der Waals surface area (Å²) in [6, 6.07) is 0. The van der Waals surface area contributed by atoms with Crippen molar-refractivity contribution in [2.45, 2.75) is 25.8 Å². The van der Waals surface area contributed by atoms with E-state index in [1.54, 1.807) is 6.20 Å². The first-order chi connectivity index (χ1) is 8.18. The van der Waals surface area contributed by atoms with Crippen LogP contribution in [0.5, 0.6) is 0 Å². The Hall–Kier alpha value is -0.200. The Morgan fingerprint density at radius 1 is 1.24 bits per heavy atom. The van der Waals surface area contributed by atoms with Gasteiger partial charge >= 0.3 is 0 Å². The minimum atomic E-state index is -0.0687. The largest absolute Gasteiger partial charge is 0.303 e. The van der Waals surface area contributed by atoms with Gasteiger partial charge in [0.1, 0.15) is 4.47 Å². The van der Waals surface area contributed by atoms with Crippen molar-refractivity contribution in [2.24, 2.45) is 0 Å². The van der Waals surface area contributed by atoms with Crippen molar-refractivity contribution in [1.82, 2.24) is 14.7 Å². The summed E-state index contributed by atoms with van der Waals surface area (Å²) in [6.07, 6.45) is 5.24. The van der Waals surface area contributed by atoms with Crippen LogP contribution in [0.3, 0.4) is 0 Å². The van der Waals surface area contributed by atoms with E-state index in [9.17, 15) is 4.79 Å². The number of halogens is 2. The number of nitrogens with zero attached hydrogens (tertiary/aromatic N) is 3. The average Bonchev–Trinajstić information content (AvgIpc) is 2.82. The van der Waals surface area contributed by atoms with Gasteiger partial charge < -0.3 is 4.90 Å². The van der Waals surface area contributed by atoms with E-state index in [1.807, 2.05) is 0 Å². The molecule has 0 bridgehead atoms. The second-order valence-corrected chi connectivity index (χ2v) is 5.88. The summed E-state index contributed by atoms with van der Waals surface area (Å²) in [5, 5.41) is 4.11. The third-order valence-electron chi connectivity index (χ3n) is 2.99. The molecule has 6 heteroatoms. The van der Waals surface area contributed by atoms with Crippen molar-refractivity contribution in [3.63, 3.8) is 0 Å². The number of hydrogen-bond donors (Lipinski definition) is 0. The molecule has 0 amide bonds. The summed E-state index contributed by atoms with van der Waals surface area (Å²) < 4.78 is 2.78. The Balaban J connectivity index is 1.90. The molecule has 1 aliphatic heterocycles. The summed E-state index contributed by atoms with van der Waals surface area (Å²) in [5.41, 5.74) is -0.0687. The molecule has 1 aromatic heterocycles. The normalized spacial score (nSPS) is 16.6. The van der Waals surface area contributed by atoms with Gasteiger partial charge in [-0.25, -0.2) is 4.68 Å². The van der Waals surface area contributed by atoms with Crippen LogP contribution in [0.4, 0.5) is 0 Å². The van der Waals surface area contributed by atoms with Gasteiger partial charge in [0.25, 0.3) is 5.56 Å². The monoisotopic (exact) mass is 363 g/mol. The topological polar surface area (TPSA) is 38.1 Å². The Labute approximate surface area is 117 Å². The number of hydrogen-bond acceptors (Lipinski definition) is 3. The molecule has 0 saturated carbocycles. The highest BCUT2D eigenvalue weighted by Gasteiger charge is 2.11. The molecule has 2 rings (SSSR count). The van der Waals surface area contributed by atoms with Gasteiger partial charge in [-0.2, -0.15) is 5.10 Å². The van der Waals surface area contributed by atoms with E-state index in [2.05, 4.69) is 41.9 Å². The smallest absolute Gasteiger partial charge is 0.282 e. The lowest BCUT2D eigenvalue weighted by atomic mass is 10.4. The van der Waals surface area contributed by atoms with Gasteiger partial charge in [0.2, 0.25) is 0 Å². The molecule has 0 unspecified atom stereocenters. The summed E-state index contributed by atoms with van der Waals surface area (Å²) in [7, 11) is 0. The minimum Gasteiger partial charge on any atom is -0.303 e. The van der Waals surface area contributed by atoms with E-state index in [1.165, 1.54) is 30.6 Å². The number of rotatable bonds is 4. The van der Waals surface area contributed by atoms with E-state index in [0.29, 0.717) is 15.5 Å². The second-order valence-electron chi connectivity index (χ2n) is 4.24. The quantitative estimate of drug-likeness (QED) is 0.822. The fourth-order valence-corrected chi connectivity index (χ4v) is 2.62. The molecule has 1 aliphatic rings. The van der Waals surface area contributed by atoms with Gasteiger partial charge in [-0.1, -0.05) is 0 Å². The Morgan fingerprint density at radius 2 is 1.94 bits per heavy atom. The lowest BCUT2D eigenvalue weighted by Gasteiger charge is -2.14. The van der Waals surface area contributed by atoms with Crippen molar-refractivity contribution in [1.29, 1.82) is 0 Å². The molecule has 2 heterocycles. The van der Waals surface area contributed by atoms with Crippen LogP contribution in [0.25, 0.3) is 0 Å². The third-order valence-corrected chi connectivity index (χ3v) is 4.88. The highest BCUT2D eigenvalue weighted by atomic mass is 79.9. The third kappa shape index (κ3) is 3.39. The van der Waals surface area contributed by atoms with Gasteiger partial charge in [0.15, 0.2) is 0 Å². The van der Waals surface area contributed by atoms with Crippen LogP contribution >= 0.6 is 31.9 Å². The molecule has 4 nitrogen and oxygen atoms in total.